The van der Waals surface area contributed by atoms with Crippen LogP contribution in [-0.2, 0) is 17.8 Å². The molecular weight excluding hydrogens is 374 g/mol. The summed E-state index contributed by atoms with van der Waals surface area (Å²) in [5.74, 6) is 1.18. The Balaban J connectivity index is 1.76. The number of methoxy groups -OCH3 is 1. The summed E-state index contributed by atoms with van der Waals surface area (Å²) in [6.07, 6.45) is 1.11. The molecule has 0 bridgehead atoms. The Labute approximate surface area is 169 Å². The molecule has 1 aliphatic rings. The summed E-state index contributed by atoms with van der Waals surface area (Å²) in [6.45, 7) is 6.05. The number of carbonyl (C=O) groups excluding carboxylic acids is 1. The highest BCUT2D eigenvalue weighted by atomic mass is 32.1. The zero-order valence-electron chi connectivity index (χ0n) is 16.4. The van der Waals surface area contributed by atoms with Crippen LogP contribution in [0.25, 0.3) is 0 Å². The number of thiophene rings is 1. The van der Waals surface area contributed by atoms with Crippen LogP contribution in [0.1, 0.15) is 47.8 Å². The second-order valence-corrected chi connectivity index (χ2v) is 7.82. The van der Waals surface area contributed by atoms with E-state index in [1.165, 1.54) is 11.3 Å². The van der Waals surface area contributed by atoms with E-state index < -0.39 is 0 Å². The Kier molecular flexibility index (Phi) is 6.55. The Bertz CT molecular complexity index is 901. The summed E-state index contributed by atoms with van der Waals surface area (Å²) in [5, 5.41) is 16.5. The van der Waals surface area contributed by atoms with E-state index in [1.54, 1.807) is 7.11 Å². The van der Waals surface area contributed by atoms with Crippen molar-refractivity contribution >= 4 is 22.2 Å². The third kappa shape index (κ3) is 4.13. The van der Waals surface area contributed by atoms with Gasteiger partial charge in [-0.3, -0.25) is 4.79 Å². The van der Waals surface area contributed by atoms with Crippen molar-refractivity contribution in [1.29, 1.82) is 5.26 Å². The smallest absolute Gasteiger partial charge is 0.225 e. The molecule has 1 aromatic heterocycles. The van der Waals surface area contributed by atoms with Crippen LogP contribution in [0.5, 0.6) is 11.5 Å². The summed E-state index contributed by atoms with van der Waals surface area (Å²) < 4.78 is 11.2. The number of amides is 1. The molecule has 2 aromatic rings. The maximum atomic E-state index is 12.7. The van der Waals surface area contributed by atoms with Crippen molar-refractivity contribution in [3.05, 3.63) is 39.8 Å². The standard InChI is InChI=1S/C21H25N3O3S/c1-4-27-20-14(6-5-7-17(20)26-3)13(2)10-19(25)24-21-16(11-22)15-8-9-23-12-18(15)28-21/h5-7,13,23H,4,8-10,12H2,1-3H3,(H,24,25). The first-order valence-corrected chi connectivity index (χ1v) is 10.3. The molecule has 0 saturated carbocycles. The predicted octanol–water partition coefficient (Wildman–Crippen LogP) is 3.81. The van der Waals surface area contributed by atoms with Crippen LogP contribution in [0.4, 0.5) is 5.00 Å². The van der Waals surface area contributed by atoms with E-state index in [-0.39, 0.29) is 11.8 Å². The first-order chi connectivity index (χ1) is 13.6. The highest BCUT2D eigenvalue weighted by Gasteiger charge is 2.23. The lowest BCUT2D eigenvalue weighted by atomic mass is 9.96. The topological polar surface area (TPSA) is 83.4 Å². The summed E-state index contributed by atoms with van der Waals surface area (Å²) in [6, 6.07) is 7.98. The molecule has 6 nitrogen and oxygen atoms in total. The molecule has 0 aliphatic carbocycles. The van der Waals surface area contributed by atoms with Crippen molar-refractivity contribution in [1.82, 2.24) is 5.32 Å². The minimum Gasteiger partial charge on any atom is -0.493 e. The zero-order valence-corrected chi connectivity index (χ0v) is 17.2. The number of benzene rings is 1. The lowest BCUT2D eigenvalue weighted by Gasteiger charge is -2.18. The lowest BCUT2D eigenvalue weighted by molar-refractivity contribution is -0.116. The highest BCUT2D eigenvalue weighted by Crippen LogP contribution is 2.38. The molecule has 0 radical (unpaired) electrons. The zero-order chi connectivity index (χ0) is 20.1. The van der Waals surface area contributed by atoms with E-state index in [1.807, 2.05) is 32.0 Å². The molecule has 3 rings (SSSR count). The summed E-state index contributed by atoms with van der Waals surface area (Å²) in [4.78, 5) is 13.8. The van der Waals surface area contributed by atoms with Crippen molar-refractivity contribution in [3.8, 4) is 17.6 Å². The van der Waals surface area contributed by atoms with Gasteiger partial charge in [0, 0.05) is 23.4 Å². The molecule has 0 spiro atoms. The number of hydrogen-bond donors (Lipinski definition) is 2. The quantitative estimate of drug-likeness (QED) is 0.740. The van der Waals surface area contributed by atoms with E-state index in [0.717, 1.165) is 35.5 Å². The van der Waals surface area contributed by atoms with Gasteiger partial charge in [0.15, 0.2) is 11.5 Å². The first kappa shape index (κ1) is 20.2. The number of nitrogens with zero attached hydrogens (tertiary/aromatic N) is 1. The van der Waals surface area contributed by atoms with Gasteiger partial charge in [-0.1, -0.05) is 19.1 Å². The van der Waals surface area contributed by atoms with E-state index >= 15 is 0 Å². The van der Waals surface area contributed by atoms with Crippen LogP contribution >= 0.6 is 11.3 Å². The van der Waals surface area contributed by atoms with Crippen LogP contribution in [0.3, 0.4) is 0 Å². The van der Waals surface area contributed by atoms with Crippen LogP contribution in [-0.4, -0.2) is 26.2 Å². The maximum absolute atomic E-state index is 12.7. The SMILES string of the molecule is CCOc1c(OC)cccc1C(C)CC(=O)Nc1sc2c(c1C#N)CCNC2. The molecule has 2 N–H and O–H groups in total. The molecule has 1 amide bonds. The minimum absolute atomic E-state index is 0.0570. The molecule has 0 fully saturated rings. The van der Waals surface area contributed by atoms with E-state index in [2.05, 4.69) is 16.7 Å². The van der Waals surface area contributed by atoms with Crippen molar-refractivity contribution in [3.63, 3.8) is 0 Å². The number of rotatable bonds is 7. The molecular formula is C21H25N3O3S. The first-order valence-electron chi connectivity index (χ1n) is 9.43. The normalized spacial score (nSPS) is 13.9. The fourth-order valence-electron chi connectivity index (χ4n) is 3.49. The van der Waals surface area contributed by atoms with Crippen LogP contribution in [0.15, 0.2) is 18.2 Å². The largest absolute Gasteiger partial charge is 0.493 e. The fourth-order valence-corrected chi connectivity index (χ4v) is 4.67. The highest BCUT2D eigenvalue weighted by molar-refractivity contribution is 7.16. The van der Waals surface area contributed by atoms with E-state index in [4.69, 9.17) is 9.47 Å². The number of carbonyl (C=O) groups is 1. The van der Waals surface area contributed by atoms with Gasteiger partial charge in [-0.15, -0.1) is 11.3 Å². The Hall–Kier alpha value is -2.56. The molecule has 1 unspecified atom stereocenters. The molecule has 1 aromatic carbocycles. The Morgan fingerprint density at radius 2 is 2.29 bits per heavy atom. The third-order valence-electron chi connectivity index (χ3n) is 4.83. The van der Waals surface area contributed by atoms with Crippen LogP contribution < -0.4 is 20.1 Å². The summed E-state index contributed by atoms with van der Waals surface area (Å²) in [7, 11) is 1.61. The van der Waals surface area contributed by atoms with Gasteiger partial charge in [0.2, 0.25) is 5.91 Å². The van der Waals surface area contributed by atoms with Gasteiger partial charge < -0.3 is 20.1 Å². The predicted molar refractivity (Wildman–Crippen MR) is 110 cm³/mol. The average Bonchev–Trinajstić information content (AvgIpc) is 3.04. The Morgan fingerprint density at radius 3 is 3.00 bits per heavy atom. The van der Waals surface area contributed by atoms with Gasteiger partial charge in [0.25, 0.3) is 0 Å². The van der Waals surface area contributed by atoms with Crippen LogP contribution in [0.2, 0.25) is 0 Å². The second-order valence-electron chi connectivity index (χ2n) is 6.71. The number of anilines is 1. The maximum Gasteiger partial charge on any atom is 0.225 e. The molecule has 1 atom stereocenters. The number of fused-ring (bicyclic) bond motifs is 1. The van der Waals surface area contributed by atoms with Gasteiger partial charge in [0.05, 0.1) is 19.3 Å². The van der Waals surface area contributed by atoms with E-state index in [9.17, 15) is 10.1 Å². The third-order valence-corrected chi connectivity index (χ3v) is 5.98. The monoisotopic (exact) mass is 399 g/mol. The summed E-state index contributed by atoms with van der Waals surface area (Å²) >= 11 is 1.49. The van der Waals surface area contributed by atoms with Gasteiger partial charge in [0.1, 0.15) is 11.1 Å². The van der Waals surface area contributed by atoms with Gasteiger partial charge in [-0.05, 0) is 37.4 Å². The van der Waals surface area contributed by atoms with E-state index in [0.29, 0.717) is 35.1 Å². The average molecular weight is 400 g/mol. The number of hydrogen-bond acceptors (Lipinski definition) is 6. The minimum atomic E-state index is -0.110. The molecule has 28 heavy (non-hydrogen) atoms. The van der Waals surface area contributed by atoms with Gasteiger partial charge in [-0.25, -0.2) is 0 Å². The second kappa shape index (κ2) is 9.09. The fraction of sp³-hybridized carbons (Fsp3) is 0.429. The molecule has 0 saturated heterocycles. The van der Waals surface area contributed by atoms with Gasteiger partial charge in [-0.2, -0.15) is 5.26 Å². The summed E-state index contributed by atoms with van der Waals surface area (Å²) in [5.41, 5.74) is 2.62. The molecule has 148 valence electrons. The van der Waals surface area contributed by atoms with Crippen molar-refractivity contribution < 1.29 is 14.3 Å². The molecule has 1 aliphatic heterocycles. The van der Waals surface area contributed by atoms with Crippen LogP contribution in [0, 0.1) is 11.3 Å². The number of nitriles is 1. The Morgan fingerprint density at radius 1 is 1.46 bits per heavy atom. The van der Waals surface area contributed by atoms with Crippen molar-refractivity contribution in [2.45, 2.75) is 39.2 Å². The van der Waals surface area contributed by atoms with Crippen molar-refractivity contribution in [2.24, 2.45) is 0 Å². The lowest BCUT2D eigenvalue weighted by Crippen LogP contribution is -2.22. The van der Waals surface area contributed by atoms with Crippen molar-refractivity contribution in [2.75, 3.05) is 25.6 Å². The molecule has 7 heteroatoms. The number of ether oxygens (including phenoxy) is 2. The number of para-hydroxylation sites is 1. The number of nitrogens with one attached hydrogen (secondary N) is 2. The molecule has 2 heterocycles. The van der Waals surface area contributed by atoms with Gasteiger partial charge >= 0.3 is 0 Å².